The van der Waals surface area contributed by atoms with Gasteiger partial charge in [0.25, 0.3) is 5.79 Å². The number of aryl methyl sites for hydroxylation is 1. The summed E-state index contributed by atoms with van der Waals surface area (Å²) in [6, 6.07) is 3.22. The standard InChI is InChI=1S/C17H20FNO3/c1-4-8-17(22-11(3)20)16-12(7-9-21-17)14-13(18)6-5-10(2)15(14)19-16/h5-6,19H,4,7-9H2,1-3H3. The summed E-state index contributed by atoms with van der Waals surface area (Å²) in [7, 11) is 0. The van der Waals surface area contributed by atoms with Crippen molar-refractivity contribution in [3.63, 3.8) is 0 Å². The maximum atomic E-state index is 14.3. The second-order valence-corrected chi connectivity index (χ2v) is 5.79. The Bertz CT molecular complexity index is 737. The minimum atomic E-state index is -1.13. The third-order valence-electron chi connectivity index (χ3n) is 4.17. The van der Waals surface area contributed by atoms with E-state index in [1.165, 1.54) is 13.0 Å². The van der Waals surface area contributed by atoms with Crippen LogP contribution in [-0.4, -0.2) is 17.6 Å². The van der Waals surface area contributed by atoms with Crippen molar-refractivity contribution in [1.29, 1.82) is 0 Å². The van der Waals surface area contributed by atoms with Crippen LogP contribution >= 0.6 is 0 Å². The number of aromatic amines is 1. The molecule has 0 saturated heterocycles. The Morgan fingerprint density at radius 3 is 2.95 bits per heavy atom. The Balaban J connectivity index is 2.27. The zero-order valence-electron chi connectivity index (χ0n) is 13.1. The molecular weight excluding hydrogens is 285 g/mol. The Morgan fingerprint density at radius 1 is 1.50 bits per heavy atom. The lowest BCUT2D eigenvalue weighted by molar-refractivity contribution is -0.247. The zero-order valence-corrected chi connectivity index (χ0v) is 13.1. The third kappa shape index (κ3) is 2.20. The number of fused-ring (bicyclic) bond motifs is 3. The van der Waals surface area contributed by atoms with E-state index in [0.29, 0.717) is 30.5 Å². The molecule has 1 aliphatic heterocycles. The molecule has 0 spiro atoms. The van der Waals surface area contributed by atoms with Crippen LogP contribution in [0, 0.1) is 12.7 Å². The molecule has 0 bridgehead atoms. The van der Waals surface area contributed by atoms with E-state index in [1.54, 1.807) is 6.07 Å². The quantitative estimate of drug-likeness (QED) is 0.880. The molecule has 118 valence electrons. The first-order valence-corrected chi connectivity index (χ1v) is 7.62. The second-order valence-electron chi connectivity index (χ2n) is 5.79. The summed E-state index contributed by atoms with van der Waals surface area (Å²) in [5, 5.41) is 0.589. The number of carbonyl (C=O) groups excluding carboxylic acids is 1. The number of nitrogens with one attached hydrogen (secondary N) is 1. The summed E-state index contributed by atoms with van der Waals surface area (Å²) in [6.07, 6.45) is 1.92. The smallest absolute Gasteiger partial charge is 0.305 e. The zero-order chi connectivity index (χ0) is 15.9. The number of hydrogen-bond acceptors (Lipinski definition) is 3. The molecule has 0 aliphatic carbocycles. The van der Waals surface area contributed by atoms with Crippen molar-refractivity contribution >= 4 is 16.9 Å². The first-order valence-electron chi connectivity index (χ1n) is 7.62. The van der Waals surface area contributed by atoms with Gasteiger partial charge in [0.15, 0.2) is 0 Å². The van der Waals surface area contributed by atoms with E-state index in [1.807, 2.05) is 13.8 Å². The van der Waals surface area contributed by atoms with Gasteiger partial charge >= 0.3 is 5.97 Å². The van der Waals surface area contributed by atoms with Gasteiger partial charge in [-0.1, -0.05) is 13.0 Å². The van der Waals surface area contributed by atoms with Crippen LogP contribution < -0.4 is 0 Å². The van der Waals surface area contributed by atoms with Gasteiger partial charge in [0, 0.05) is 18.7 Å². The van der Waals surface area contributed by atoms with Crippen molar-refractivity contribution < 1.29 is 18.7 Å². The van der Waals surface area contributed by atoms with Gasteiger partial charge in [-0.05, 0) is 37.0 Å². The van der Waals surface area contributed by atoms with E-state index in [2.05, 4.69) is 4.98 Å². The molecule has 22 heavy (non-hydrogen) atoms. The van der Waals surface area contributed by atoms with Gasteiger partial charge in [-0.25, -0.2) is 4.39 Å². The highest BCUT2D eigenvalue weighted by molar-refractivity contribution is 5.88. The van der Waals surface area contributed by atoms with E-state index >= 15 is 0 Å². The van der Waals surface area contributed by atoms with Crippen molar-refractivity contribution in [2.24, 2.45) is 0 Å². The highest BCUT2D eigenvalue weighted by Gasteiger charge is 2.43. The van der Waals surface area contributed by atoms with E-state index < -0.39 is 11.8 Å². The molecular formula is C17H20FNO3. The van der Waals surface area contributed by atoms with Gasteiger partial charge in [0.1, 0.15) is 5.82 Å². The van der Waals surface area contributed by atoms with Crippen molar-refractivity contribution in [3.05, 3.63) is 34.8 Å². The van der Waals surface area contributed by atoms with Crippen LogP contribution in [-0.2, 0) is 26.5 Å². The lowest BCUT2D eigenvalue weighted by Crippen LogP contribution is -2.39. The first-order chi connectivity index (χ1) is 10.5. The predicted octanol–water partition coefficient (Wildman–Crippen LogP) is 3.70. The molecule has 0 amide bonds. The monoisotopic (exact) mass is 305 g/mol. The second kappa shape index (κ2) is 5.39. The van der Waals surface area contributed by atoms with Crippen molar-refractivity contribution in [2.75, 3.05) is 6.61 Å². The SMILES string of the molecule is CCCC1(OC(C)=O)OCCc2c1[nH]c1c(C)ccc(F)c21. The van der Waals surface area contributed by atoms with E-state index in [0.717, 1.165) is 23.1 Å². The molecule has 2 aromatic rings. The number of halogens is 1. The van der Waals surface area contributed by atoms with Crippen LogP contribution in [0.5, 0.6) is 0 Å². The fraction of sp³-hybridized carbons (Fsp3) is 0.471. The van der Waals surface area contributed by atoms with Crippen LogP contribution in [0.2, 0.25) is 0 Å². The number of benzene rings is 1. The molecule has 1 aromatic carbocycles. The fourth-order valence-corrected chi connectivity index (χ4v) is 3.32. The van der Waals surface area contributed by atoms with Crippen molar-refractivity contribution in [2.45, 2.75) is 45.8 Å². The number of aromatic nitrogens is 1. The summed E-state index contributed by atoms with van der Waals surface area (Å²) >= 11 is 0. The normalized spacial score (nSPS) is 20.9. The average molecular weight is 305 g/mol. The summed E-state index contributed by atoms with van der Waals surface area (Å²) in [5.74, 6) is -1.79. The minimum Gasteiger partial charge on any atom is -0.427 e. The van der Waals surface area contributed by atoms with Gasteiger partial charge in [-0.15, -0.1) is 0 Å². The van der Waals surface area contributed by atoms with Gasteiger partial charge in [-0.2, -0.15) is 0 Å². The molecule has 1 N–H and O–H groups in total. The number of ether oxygens (including phenoxy) is 2. The van der Waals surface area contributed by atoms with Crippen LogP contribution in [0.25, 0.3) is 10.9 Å². The van der Waals surface area contributed by atoms with Gasteiger partial charge in [-0.3, -0.25) is 4.79 Å². The van der Waals surface area contributed by atoms with Gasteiger partial charge < -0.3 is 14.5 Å². The summed E-state index contributed by atoms with van der Waals surface area (Å²) < 4.78 is 25.7. The number of carbonyl (C=O) groups is 1. The molecule has 1 atom stereocenters. The number of hydrogen-bond donors (Lipinski definition) is 1. The van der Waals surface area contributed by atoms with Crippen LogP contribution in [0.4, 0.5) is 4.39 Å². The third-order valence-corrected chi connectivity index (χ3v) is 4.17. The lowest BCUT2D eigenvalue weighted by atomic mass is 9.96. The Morgan fingerprint density at radius 2 is 2.27 bits per heavy atom. The predicted molar refractivity (Wildman–Crippen MR) is 81.0 cm³/mol. The maximum Gasteiger partial charge on any atom is 0.305 e. The van der Waals surface area contributed by atoms with Gasteiger partial charge in [0.05, 0.1) is 17.8 Å². The van der Waals surface area contributed by atoms with E-state index in [4.69, 9.17) is 9.47 Å². The van der Waals surface area contributed by atoms with E-state index in [9.17, 15) is 9.18 Å². The Hall–Kier alpha value is -1.88. The van der Waals surface area contributed by atoms with E-state index in [-0.39, 0.29) is 5.82 Å². The highest BCUT2D eigenvalue weighted by atomic mass is 19.1. The molecule has 1 aliphatic rings. The van der Waals surface area contributed by atoms with Crippen LogP contribution in [0.3, 0.4) is 0 Å². The first kappa shape index (κ1) is 15.0. The largest absolute Gasteiger partial charge is 0.427 e. The van der Waals surface area contributed by atoms with Crippen LogP contribution in [0.1, 0.15) is 43.5 Å². The molecule has 4 nitrogen and oxygen atoms in total. The number of H-pyrrole nitrogens is 1. The maximum absolute atomic E-state index is 14.3. The molecule has 0 fully saturated rings. The Labute approximate surface area is 128 Å². The summed E-state index contributed by atoms with van der Waals surface area (Å²) in [6.45, 7) is 5.69. The van der Waals surface area contributed by atoms with Crippen molar-refractivity contribution in [1.82, 2.24) is 4.98 Å². The van der Waals surface area contributed by atoms with Crippen LogP contribution in [0.15, 0.2) is 12.1 Å². The highest BCUT2D eigenvalue weighted by Crippen LogP contribution is 2.42. The molecule has 0 radical (unpaired) electrons. The molecule has 1 aromatic heterocycles. The van der Waals surface area contributed by atoms with Crippen molar-refractivity contribution in [3.8, 4) is 0 Å². The molecule has 5 heteroatoms. The fourth-order valence-electron chi connectivity index (χ4n) is 3.32. The molecule has 3 rings (SSSR count). The number of esters is 1. The average Bonchev–Trinajstić information content (AvgIpc) is 2.85. The topological polar surface area (TPSA) is 51.3 Å². The lowest BCUT2D eigenvalue weighted by Gasteiger charge is -2.36. The molecule has 1 unspecified atom stereocenters. The number of rotatable bonds is 3. The molecule has 0 saturated carbocycles. The summed E-state index contributed by atoms with van der Waals surface area (Å²) in [5.41, 5.74) is 3.25. The summed E-state index contributed by atoms with van der Waals surface area (Å²) in [4.78, 5) is 14.8. The Kier molecular flexibility index (Phi) is 3.68. The molecule has 2 heterocycles. The van der Waals surface area contributed by atoms with Gasteiger partial charge in [0.2, 0.25) is 0 Å². The minimum absolute atomic E-state index is 0.256.